The predicted octanol–water partition coefficient (Wildman–Crippen LogP) is 3.64. The van der Waals surface area contributed by atoms with Crippen molar-refractivity contribution in [3.8, 4) is 5.75 Å². The molecule has 0 saturated heterocycles. The van der Waals surface area contributed by atoms with Gasteiger partial charge in [0.15, 0.2) is 0 Å². The largest absolute Gasteiger partial charge is 0.496 e. The molecule has 0 spiro atoms. The van der Waals surface area contributed by atoms with Gasteiger partial charge in [-0.05, 0) is 38.0 Å². The zero-order chi connectivity index (χ0) is 20.0. The SMILES string of the molecule is COc1ccccc1C(C)NC(=O)C(NC(=O)c1cccc(C)c1)C(C)C. The Morgan fingerprint density at radius 1 is 0.963 bits per heavy atom. The quantitative estimate of drug-likeness (QED) is 0.784. The number of carbonyl (C=O) groups excluding carboxylic acids is 2. The molecule has 144 valence electrons. The summed E-state index contributed by atoms with van der Waals surface area (Å²) in [5.74, 6) is 0.195. The summed E-state index contributed by atoms with van der Waals surface area (Å²) in [6, 6.07) is 14.0. The molecule has 27 heavy (non-hydrogen) atoms. The van der Waals surface area contributed by atoms with Gasteiger partial charge in [0.05, 0.1) is 13.2 Å². The highest BCUT2D eigenvalue weighted by atomic mass is 16.5. The highest BCUT2D eigenvalue weighted by Gasteiger charge is 2.26. The van der Waals surface area contributed by atoms with E-state index >= 15 is 0 Å². The van der Waals surface area contributed by atoms with Crippen LogP contribution in [0.15, 0.2) is 48.5 Å². The molecule has 0 aliphatic heterocycles. The molecule has 5 nitrogen and oxygen atoms in total. The fourth-order valence-corrected chi connectivity index (χ4v) is 2.95. The van der Waals surface area contributed by atoms with Crippen molar-refractivity contribution in [3.63, 3.8) is 0 Å². The monoisotopic (exact) mass is 368 g/mol. The van der Waals surface area contributed by atoms with E-state index in [1.54, 1.807) is 13.2 Å². The maximum Gasteiger partial charge on any atom is 0.251 e. The highest BCUT2D eigenvalue weighted by Crippen LogP contribution is 2.24. The number of ether oxygens (including phenoxy) is 1. The number of methoxy groups -OCH3 is 1. The average molecular weight is 368 g/mol. The number of carbonyl (C=O) groups is 2. The number of rotatable bonds is 7. The maximum absolute atomic E-state index is 12.8. The summed E-state index contributed by atoms with van der Waals surface area (Å²) in [6.45, 7) is 7.65. The molecule has 0 aliphatic carbocycles. The van der Waals surface area contributed by atoms with Gasteiger partial charge in [0, 0.05) is 11.1 Å². The average Bonchev–Trinajstić information content (AvgIpc) is 2.65. The molecule has 5 heteroatoms. The van der Waals surface area contributed by atoms with Gasteiger partial charge in [-0.25, -0.2) is 0 Å². The predicted molar refractivity (Wildman–Crippen MR) is 107 cm³/mol. The number of amides is 2. The van der Waals surface area contributed by atoms with Gasteiger partial charge in [0.2, 0.25) is 5.91 Å². The third kappa shape index (κ3) is 5.33. The van der Waals surface area contributed by atoms with Crippen LogP contribution in [0.1, 0.15) is 48.3 Å². The molecule has 2 unspecified atom stereocenters. The normalized spacial score (nSPS) is 13.0. The minimum atomic E-state index is -0.629. The van der Waals surface area contributed by atoms with Crippen molar-refractivity contribution in [1.29, 1.82) is 0 Å². The molecular formula is C22H28N2O3. The first-order valence-electron chi connectivity index (χ1n) is 9.14. The molecule has 0 bridgehead atoms. The van der Waals surface area contributed by atoms with Gasteiger partial charge in [-0.15, -0.1) is 0 Å². The van der Waals surface area contributed by atoms with Gasteiger partial charge in [0.1, 0.15) is 11.8 Å². The number of hydrogen-bond acceptors (Lipinski definition) is 3. The lowest BCUT2D eigenvalue weighted by Gasteiger charge is -2.25. The summed E-state index contributed by atoms with van der Waals surface area (Å²) in [6.07, 6.45) is 0. The lowest BCUT2D eigenvalue weighted by atomic mass is 10.0. The van der Waals surface area contributed by atoms with Gasteiger partial charge >= 0.3 is 0 Å². The number of hydrogen-bond donors (Lipinski definition) is 2. The van der Waals surface area contributed by atoms with Crippen LogP contribution in [0, 0.1) is 12.8 Å². The van der Waals surface area contributed by atoms with Crippen molar-refractivity contribution in [2.24, 2.45) is 5.92 Å². The van der Waals surface area contributed by atoms with E-state index in [0.29, 0.717) is 5.56 Å². The molecule has 0 heterocycles. The Morgan fingerprint density at radius 3 is 2.30 bits per heavy atom. The molecule has 2 rings (SSSR count). The van der Waals surface area contributed by atoms with E-state index in [1.807, 2.05) is 70.2 Å². The van der Waals surface area contributed by atoms with Gasteiger partial charge in [-0.3, -0.25) is 9.59 Å². The molecule has 0 aromatic heterocycles. The molecule has 2 atom stereocenters. The van der Waals surface area contributed by atoms with Gasteiger partial charge in [-0.1, -0.05) is 49.7 Å². The number of aryl methyl sites for hydroxylation is 1. The summed E-state index contributed by atoms with van der Waals surface area (Å²) >= 11 is 0. The Labute approximate surface area is 161 Å². The van der Waals surface area contributed by atoms with Crippen LogP contribution in [0.3, 0.4) is 0 Å². The van der Waals surface area contributed by atoms with Crippen molar-refractivity contribution in [2.45, 2.75) is 39.8 Å². The van der Waals surface area contributed by atoms with Crippen molar-refractivity contribution in [3.05, 3.63) is 65.2 Å². The minimum absolute atomic E-state index is 0.0522. The zero-order valence-corrected chi connectivity index (χ0v) is 16.6. The second kappa shape index (κ2) is 9.21. The standard InChI is InChI=1S/C22H28N2O3/c1-14(2)20(24-21(25)17-10-8-9-15(3)13-17)22(26)23-16(4)18-11-6-7-12-19(18)27-5/h6-14,16,20H,1-5H3,(H,23,26)(H,24,25). The molecule has 0 aliphatic rings. The maximum atomic E-state index is 12.8. The van der Waals surface area contributed by atoms with Crippen molar-refractivity contribution < 1.29 is 14.3 Å². The molecule has 0 radical (unpaired) electrons. The number of benzene rings is 2. The topological polar surface area (TPSA) is 67.4 Å². The third-order valence-corrected chi connectivity index (χ3v) is 4.48. The summed E-state index contributed by atoms with van der Waals surface area (Å²) < 4.78 is 5.37. The molecule has 2 aromatic rings. The molecule has 2 N–H and O–H groups in total. The Morgan fingerprint density at radius 2 is 1.67 bits per heavy atom. The lowest BCUT2D eigenvalue weighted by Crippen LogP contribution is -2.50. The Balaban J connectivity index is 2.11. The van der Waals surface area contributed by atoms with Crippen LogP contribution in [0.2, 0.25) is 0 Å². The van der Waals surface area contributed by atoms with Crippen LogP contribution in [0.25, 0.3) is 0 Å². The molecule has 2 amide bonds. The van der Waals surface area contributed by atoms with Crippen LogP contribution in [-0.4, -0.2) is 25.0 Å². The molecule has 0 fully saturated rings. The van der Waals surface area contributed by atoms with E-state index in [4.69, 9.17) is 4.74 Å². The number of para-hydroxylation sites is 1. The Hall–Kier alpha value is -2.82. The zero-order valence-electron chi connectivity index (χ0n) is 16.6. The molecular weight excluding hydrogens is 340 g/mol. The van der Waals surface area contributed by atoms with E-state index in [1.165, 1.54) is 0 Å². The van der Waals surface area contributed by atoms with E-state index in [0.717, 1.165) is 16.9 Å². The molecule has 0 saturated carbocycles. The van der Waals surface area contributed by atoms with Gasteiger partial charge in [-0.2, -0.15) is 0 Å². The Kier molecular flexibility index (Phi) is 6.99. The van der Waals surface area contributed by atoms with E-state index in [-0.39, 0.29) is 23.8 Å². The van der Waals surface area contributed by atoms with Crippen LogP contribution < -0.4 is 15.4 Å². The first kappa shape index (κ1) is 20.5. The fourth-order valence-electron chi connectivity index (χ4n) is 2.95. The van der Waals surface area contributed by atoms with E-state index < -0.39 is 6.04 Å². The van der Waals surface area contributed by atoms with Crippen molar-refractivity contribution in [2.75, 3.05) is 7.11 Å². The molecule has 2 aromatic carbocycles. The summed E-state index contributed by atoms with van der Waals surface area (Å²) in [4.78, 5) is 25.4. The smallest absolute Gasteiger partial charge is 0.251 e. The van der Waals surface area contributed by atoms with Gasteiger partial charge in [0.25, 0.3) is 5.91 Å². The second-order valence-electron chi connectivity index (χ2n) is 7.04. The van der Waals surface area contributed by atoms with Crippen LogP contribution >= 0.6 is 0 Å². The van der Waals surface area contributed by atoms with Gasteiger partial charge < -0.3 is 15.4 Å². The minimum Gasteiger partial charge on any atom is -0.496 e. The second-order valence-corrected chi connectivity index (χ2v) is 7.04. The first-order valence-corrected chi connectivity index (χ1v) is 9.14. The highest BCUT2D eigenvalue weighted by molar-refractivity contribution is 5.97. The third-order valence-electron chi connectivity index (χ3n) is 4.48. The van der Waals surface area contributed by atoms with Crippen LogP contribution in [0.4, 0.5) is 0 Å². The number of nitrogens with one attached hydrogen (secondary N) is 2. The lowest BCUT2D eigenvalue weighted by molar-refractivity contribution is -0.124. The van der Waals surface area contributed by atoms with Crippen LogP contribution in [0.5, 0.6) is 5.75 Å². The Bertz CT molecular complexity index is 802. The van der Waals surface area contributed by atoms with E-state index in [9.17, 15) is 9.59 Å². The first-order chi connectivity index (χ1) is 12.8. The summed E-state index contributed by atoms with van der Waals surface area (Å²) in [5, 5.41) is 5.85. The fraction of sp³-hybridized carbons (Fsp3) is 0.364. The van der Waals surface area contributed by atoms with E-state index in [2.05, 4.69) is 10.6 Å². The van der Waals surface area contributed by atoms with Crippen molar-refractivity contribution >= 4 is 11.8 Å². The van der Waals surface area contributed by atoms with Crippen LogP contribution in [-0.2, 0) is 4.79 Å². The summed E-state index contributed by atoms with van der Waals surface area (Å²) in [5.41, 5.74) is 2.44. The summed E-state index contributed by atoms with van der Waals surface area (Å²) in [7, 11) is 1.60. The van der Waals surface area contributed by atoms with Crippen molar-refractivity contribution in [1.82, 2.24) is 10.6 Å².